The van der Waals surface area contributed by atoms with E-state index in [1.807, 2.05) is 13.0 Å². The number of ether oxygens (including phenoxy) is 1. The summed E-state index contributed by atoms with van der Waals surface area (Å²) in [5.74, 6) is 2.76. The molecule has 0 atom stereocenters. The molecule has 1 amide bonds. The van der Waals surface area contributed by atoms with Crippen LogP contribution in [0.4, 0.5) is 0 Å². The molecule has 128 valence electrons. The van der Waals surface area contributed by atoms with Crippen molar-refractivity contribution in [3.8, 4) is 5.75 Å². The third-order valence-electron chi connectivity index (χ3n) is 4.14. The van der Waals surface area contributed by atoms with Crippen LogP contribution in [0.25, 0.3) is 0 Å². The Morgan fingerprint density at radius 2 is 2.12 bits per heavy atom. The van der Waals surface area contributed by atoms with E-state index in [-0.39, 0.29) is 12.5 Å². The van der Waals surface area contributed by atoms with Crippen molar-refractivity contribution in [3.05, 3.63) is 40.4 Å². The van der Waals surface area contributed by atoms with Gasteiger partial charge < -0.3 is 14.2 Å². The molecule has 0 saturated carbocycles. The van der Waals surface area contributed by atoms with Gasteiger partial charge in [0, 0.05) is 24.0 Å². The number of aryl methyl sites for hydroxylation is 1. The standard InChI is InChI=1S/C17H21ClN4O2/c1-11(2)17-20-19-15-9-21(6-7-22(15)17)16(23)10-24-14-5-4-13(18)8-12(14)3/h4-5,8,11H,6-7,9-10H2,1-3H3. The highest BCUT2D eigenvalue weighted by Gasteiger charge is 2.25. The van der Waals surface area contributed by atoms with Gasteiger partial charge in [-0.05, 0) is 30.7 Å². The summed E-state index contributed by atoms with van der Waals surface area (Å²) in [5, 5.41) is 9.11. The molecule has 2 heterocycles. The van der Waals surface area contributed by atoms with E-state index in [1.54, 1.807) is 17.0 Å². The van der Waals surface area contributed by atoms with E-state index in [9.17, 15) is 4.79 Å². The maximum atomic E-state index is 12.4. The summed E-state index contributed by atoms with van der Waals surface area (Å²) >= 11 is 5.93. The zero-order chi connectivity index (χ0) is 17.3. The fraction of sp³-hybridized carbons (Fsp3) is 0.471. The first-order valence-corrected chi connectivity index (χ1v) is 8.42. The summed E-state index contributed by atoms with van der Waals surface area (Å²) in [7, 11) is 0. The number of nitrogens with zero attached hydrogens (tertiary/aromatic N) is 4. The van der Waals surface area contributed by atoms with E-state index in [0.717, 1.165) is 23.8 Å². The molecule has 24 heavy (non-hydrogen) atoms. The third kappa shape index (κ3) is 3.38. The minimum Gasteiger partial charge on any atom is -0.483 e. The molecular weight excluding hydrogens is 328 g/mol. The maximum Gasteiger partial charge on any atom is 0.260 e. The van der Waals surface area contributed by atoms with E-state index in [1.165, 1.54) is 0 Å². The molecule has 0 unspecified atom stereocenters. The molecule has 0 saturated heterocycles. The van der Waals surface area contributed by atoms with Crippen molar-refractivity contribution in [1.29, 1.82) is 0 Å². The average Bonchev–Trinajstić information content (AvgIpc) is 2.97. The summed E-state index contributed by atoms with van der Waals surface area (Å²) in [6.45, 7) is 7.94. The van der Waals surface area contributed by atoms with Gasteiger partial charge in [-0.2, -0.15) is 0 Å². The van der Waals surface area contributed by atoms with Crippen LogP contribution in [0.3, 0.4) is 0 Å². The highest BCUT2D eigenvalue weighted by Crippen LogP contribution is 2.22. The van der Waals surface area contributed by atoms with E-state index in [4.69, 9.17) is 16.3 Å². The van der Waals surface area contributed by atoms with E-state index in [2.05, 4.69) is 28.6 Å². The lowest BCUT2D eigenvalue weighted by atomic mass is 10.2. The summed E-state index contributed by atoms with van der Waals surface area (Å²) in [6.07, 6.45) is 0. The Morgan fingerprint density at radius 1 is 1.33 bits per heavy atom. The molecule has 1 aliphatic heterocycles. The van der Waals surface area contributed by atoms with Crippen LogP contribution in [0.1, 0.15) is 37.0 Å². The van der Waals surface area contributed by atoms with Crippen molar-refractivity contribution < 1.29 is 9.53 Å². The SMILES string of the molecule is Cc1cc(Cl)ccc1OCC(=O)N1CCn2c(nnc2C(C)C)C1. The van der Waals surface area contributed by atoms with Crippen molar-refractivity contribution in [3.63, 3.8) is 0 Å². The van der Waals surface area contributed by atoms with Gasteiger partial charge in [-0.25, -0.2) is 0 Å². The largest absolute Gasteiger partial charge is 0.483 e. The number of amides is 1. The average molecular weight is 349 g/mol. The third-order valence-corrected chi connectivity index (χ3v) is 4.37. The van der Waals surface area contributed by atoms with Gasteiger partial charge in [0.1, 0.15) is 11.6 Å². The molecule has 0 radical (unpaired) electrons. The monoisotopic (exact) mass is 348 g/mol. The van der Waals surface area contributed by atoms with Crippen LogP contribution in [0.5, 0.6) is 5.75 Å². The lowest BCUT2D eigenvalue weighted by Gasteiger charge is -2.28. The molecular formula is C17H21ClN4O2. The molecule has 2 aromatic rings. The highest BCUT2D eigenvalue weighted by atomic mass is 35.5. The normalized spacial score (nSPS) is 14.0. The number of rotatable bonds is 4. The van der Waals surface area contributed by atoms with Crippen LogP contribution >= 0.6 is 11.6 Å². The minimum absolute atomic E-state index is 0.00759. The van der Waals surface area contributed by atoms with Crippen molar-refractivity contribution >= 4 is 17.5 Å². The Hall–Kier alpha value is -2.08. The number of benzene rings is 1. The van der Waals surface area contributed by atoms with Gasteiger partial charge in [-0.3, -0.25) is 4.79 Å². The van der Waals surface area contributed by atoms with Crippen LogP contribution in [-0.4, -0.2) is 38.7 Å². The van der Waals surface area contributed by atoms with Crippen molar-refractivity contribution in [2.75, 3.05) is 13.2 Å². The Bertz CT molecular complexity index is 757. The van der Waals surface area contributed by atoms with Gasteiger partial charge in [0.05, 0.1) is 6.54 Å². The Morgan fingerprint density at radius 3 is 2.83 bits per heavy atom. The Balaban J connectivity index is 1.62. The Kier molecular flexibility index (Phi) is 4.76. The molecule has 6 nitrogen and oxygen atoms in total. The van der Waals surface area contributed by atoms with Crippen molar-refractivity contribution in [1.82, 2.24) is 19.7 Å². The van der Waals surface area contributed by atoms with Crippen LogP contribution in [0, 0.1) is 6.92 Å². The van der Waals surface area contributed by atoms with Gasteiger partial charge in [-0.15, -0.1) is 10.2 Å². The molecule has 0 aliphatic carbocycles. The van der Waals surface area contributed by atoms with Gasteiger partial charge in [0.25, 0.3) is 5.91 Å². The number of fused-ring (bicyclic) bond motifs is 1. The summed E-state index contributed by atoms with van der Waals surface area (Å²) < 4.78 is 7.76. The molecule has 7 heteroatoms. The topological polar surface area (TPSA) is 60.2 Å². The lowest BCUT2D eigenvalue weighted by molar-refractivity contribution is -0.134. The molecule has 1 aliphatic rings. The second kappa shape index (κ2) is 6.81. The van der Waals surface area contributed by atoms with Crippen LogP contribution in [0.15, 0.2) is 18.2 Å². The quantitative estimate of drug-likeness (QED) is 0.852. The number of carbonyl (C=O) groups is 1. The number of hydrogen-bond acceptors (Lipinski definition) is 4. The molecule has 0 spiro atoms. The first-order valence-electron chi connectivity index (χ1n) is 8.04. The molecule has 0 N–H and O–H groups in total. The van der Waals surface area contributed by atoms with Crippen LogP contribution in [-0.2, 0) is 17.9 Å². The van der Waals surface area contributed by atoms with Crippen molar-refractivity contribution in [2.45, 2.75) is 39.8 Å². The van der Waals surface area contributed by atoms with E-state index >= 15 is 0 Å². The smallest absolute Gasteiger partial charge is 0.260 e. The molecule has 1 aromatic carbocycles. The number of carbonyl (C=O) groups excluding carboxylic acids is 1. The Labute approximate surface area is 146 Å². The second-order valence-corrected chi connectivity index (χ2v) is 6.73. The van der Waals surface area contributed by atoms with Crippen LogP contribution < -0.4 is 4.74 Å². The van der Waals surface area contributed by atoms with Crippen LogP contribution in [0.2, 0.25) is 5.02 Å². The fourth-order valence-electron chi connectivity index (χ4n) is 2.83. The van der Waals surface area contributed by atoms with Gasteiger partial charge in [0.2, 0.25) is 0 Å². The summed E-state index contributed by atoms with van der Waals surface area (Å²) in [6, 6.07) is 5.36. The first-order chi connectivity index (χ1) is 11.5. The zero-order valence-corrected chi connectivity index (χ0v) is 14.9. The first kappa shape index (κ1) is 16.8. The predicted molar refractivity (Wildman–Crippen MR) is 91.2 cm³/mol. The summed E-state index contributed by atoms with van der Waals surface area (Å²) in [5.41, 5.74) is 0.912. The number of halogens is 1. The minimum atomic E-state index is -0.0512. The lowest BCUT2D eigenvalue weighted by Crippen LogP contribution is -2.41. The van der Waals surface area contributed by atoms with E-state index in [0.29, 0.717) is 29.8 Å². The maximum absolute atomic E-state index is 12.4. The molecule has 1 aromatic heterocycles. The highest BCUT2D eigenvalue weighted by molar-refractivity contribution is 6.30. The molecule has 0 fully saturated rings. The zero-order valence-electron chi connectivity index (χ0n) is 14.1. The number of hydrogen-bond donors (Lipinski definition) is 0. The van der Waals surface area contributed by atoms with Crippen molar-refractivity contribution in [2.24, 2.45) is 0 Å². The van der Waals surface area contributed by atoms with E-state index < -0.39 is 0 Å². The van der Waals surface area contributed by atoms with Gasteiger partial charge in [-0.1, -0.05) is 25.4 Å². The molecule has 3 rings (SSSR count). The summed E-state index contributed by atoms with van der Waals surface area (Å²) in [4.78, 5) is 14.2. The van der Waals surface area contributed by atoms with Gasteiger partial charge >= 0.3 is 0 Å². The fourth-order valence-corrected chi connectivity index (χ4v) is 3.05. The number of aromatic nitrogens is 3. The predicted octanol–water partition coefficient (Wildman–Crippen LogP) is 2.78. The second-order valence-electron chi connectivity index (χ2n) is 6.29. The molecule has 0 bridgehead atoms. The van der Waals surface area contributed by atoms with Gasteiger partial charge in [0.15, 0.2) is 12.4 Å².